The number of benzene rings is 1. The van der Waals surface area contributed by atoms with Crippen LogP contribution >= 0.6 is 0 Å². The minimum absolute atomic E-state index is 0.0321. The Kier molecular flexibility index (Phi) is 4.97. The Hall–Kier alpha value is -1.55. The van der Waals surface area contributed by atoms with Crippen LogP contribution in [0.15, 0.2) is 24.3 Å². The summed E-state index contributed by atoms with van der Waals surface area (Å²) in [5, 5.41) is 0. The molecule has 4 heteroatoms. The molecular weight excluding hydrogens is 216 g/mol. The van der Waals surface area contributed by atoms with Crippen LogP contribution in [-0.2, 0) is 11.3 Å². The van der Waals surface area contributed by atoms with Gasteiger partial charge in [-0.2, -0.15) is 0 Å². The largest absolute Gasteiger partial charge is 0.497 e. The van der Waals surface area contributed by atoms with Crippen LogP contribution in [-0.4, -0.2) is 30.5 Å². The number of likely N-dealkylation sites (N-methyl/N-ethyl adjacent to an activating group) is 1. The minimum Gasteiger partial charge on any atom is -0.497 e. The Bertz CT molecular complexity index is 377. The van der Waals surface area contributed by atoms with Crippen LogP contribution in [0.5, 0.6) is 5.75 Å². The molecule has 17 heavy (non-hydrogen) atoms. The fraction of sp³-hybridized carbons (Fsp3) is 0.462. The molecular formula is C13H20N2O2. The lowest BCUT2D eigenvalue weighted by atomic mass is 10.2. The quantitative estimate of drug-likeness (QED) is 0.840. The molecule has 0 radical (unpaired) electrons. The maximum absolute atomic E-state index is 11.8. The molecule has 0 aliphatic carbocycles. The average Bonchev–Trinajstić information content (AvgIpc) is 2.35. The van der Waals surface area contributed by atoms with Crippen molar-refractivity contribution in [3.8, 4) is 5.75 Å². The van der Waals surface area contributed by atoms with Crippen molar-refractivity contribution in [2.75, 3.05) is 13.7 Å². The van der Waals surface area contributed by atoms with Gasteiger partial charge in [0.25, 0.3) is 0 Å². The number of carbonyl (C=O) groups is 1. The second-order valence-corrected chi connectivity index (χ2v) is 3.99. The molecule has 0 spiro atoms. The average molecular weight is 236 g/mol. The van der Waals surface area contributed by atoms with Crippen molar-refractivity contribution >= 4 is 5.91 Å². The summed E-state index contributed by atoms with van der Waals surface area (Å²) in [4.78, 5) is 13.5. The summed E-state index contributed by atoms with van der Waals surface area (Å²) in [6, 6.07) is 7.24. The van der Waals surface area contributed by atoms with E-state index < -0.39 is 6.04 Å². The molecule has 0 aromatic heterocycles. The highest BCUT2D eigenvalue weighted by Crippen LogP contribution is 2.14. The predicted molar refractivity (Wildman–Crippen MR) is 67.7 cm³/mol. The first-order valence-electron chi connectivity index (χ1n) is 5.75. The van der Waals surface area contributed by atoms with E-state index in [-0.39, 0.29) is 5.91 Å². The van der Waals surface area contributed by atoms with E-state index in [0.717, 1.165) is 11.3 Å². The third kappa shape index (κ3) is 3.75. The molecule has 1 aromatic carbocycles. The van der Waals surface area contributed by atoms with E-state index in [0.29, 0.717) is 13.1 Å². The maximum Gasteiger partial charge on any atom is 0.239 e. The summed E-state index contributed by atoms with van der Waals surface area (Å²) in [5.74, 6) is 0.766. The van der Waals surface area contributed by atoms with Gasteiger partial charge in [0, 0.05) is 13.1 Å². The van der Waals surface area contributed by atoms with Crippen LogP contribution in [0.25, 0.3) is 0 Å². The normalized spacial score (nSPS) is 12.0. The van der Waals surface area contributed by atoms with Gasteiger partial charge < -0.3 is 15.4 Å². The minimum atomic E-state index is -0.458. The van der Waals surface area contributed by atoms with E-state index >= 15 is 0 Å². The number of hydrogen-bond acceptors (Lipinski definition) is 3. The molecule has 0 saturated carbocycles. The summed E-state index contributed by atoms with van der Waals surface area (Å²) < 4.78 is 5.15. The fourth-order valence-corrected chi connectivity index (χ4v) is 1.62. The second-order valence-electron chi connectivity index (χ2n) is 3.99. The molecule has 0 aliphatic rings. The molecule has 0 fully saturated rings. The Morgan fingerprint density at radius 1 is 1.53 bits per heavy atom. The van der Waals surface area contributed by atoms with Gasteiger partial charge in [0.2, 0.25) is 5.91 Å². The van der Waals surface area contributed by atoms with Gasteiger partial charge in [0.1, 0.15) is 5.75 Å². The molecule has 4 nitrogen and oxygen atoms in total. The van der Waals surface area contributed by atoms with Gasteiger partial charge in [-0.05, 0) is 31.5 Å². The lowest BCUT2D eigenvalue weighted by Gasteiger charge is -2.23. The highest BCUT2D eigenvalue weighted by Gasteiger charge is 2.15. The van der Waals surface area contributed by atoms with Crippen LogP contribution in [0.3, 0.4) is 0 Å². The molecule has 1 aromatic rings. The third-order valence-corrected chi connectivity index (χ3v) is 2.59. The summed E-state index contributed by atoms with van der Waals surface area (Å²) >= 11 is 0. The first kappa shape index (κ1) is 13.5. The maximum atomic E-state index is 11.8. The van der Waals surface area contributed by atoms with Crippen molar-refractivity contribution in [3.05, 3.63) is 29.8 Å². The van der Waals surface area contributed by atoms with Crippen molar-refractivity contribution in [1.29, 1.82) is 0 Å². The summed E-state index contributed by atoms with van der Waals surface area (Å²) in [5.41, 5.74) is 6.65. The highest BCUT2D eigenvalue weighted by molar-refractivity contribution is 5.81. The number of ether oxygens (including phenoxy) is 1. The molecule has 0 aliphatic heterocycles. The van der Waals surface area contributed by atoms with E-state index in [2.05, 4.69) is 0 Å². The Morgan fingerprint density at radius 2 is 2.24 bits per heavy atom. The molecule has 0 saturated heterocycles. The molecule has 0 heterocycles. The predicted octanol–water partition coefficient (Wildman–Crippen LogP) is 1.39. The number of amides is 1. The zero-order chi connectivity index (χ0) is 12.8. The molecule has 1 amide bonds. The fourth-order valence-electron chi connectivity index (χ4n) is 1.62. The van der Waals surface area contributed by atoms with Crippen LogP contribution in [0.1, 0.15) is 19.4 Å². The second kappa shape index (κ2) is 6.25. The van der Waals surface area contributed by atoms with Crippen LogP contribution in [0.4, 0.5) is 0 Å². The monoisotopic (exact) mass is 236 g/mol. The van der Waals surface area contributed by atoms with Crippen molar-refractivity contribution in [2.45, 2.75) is 26.4 Å². The summed E-state index contributed by atoms with van der Waals surface area (Å²) in [6.07, 6.45) is 0. The van der Waals surface area contributed by atoms with Gasteiger partial charge in [-0.15, -0.1) is 0 Å². The van der Waals surface area contributed by atoms with Crippen molar-refractivity contribution in [1.82, 2.24) is 4.90 Å². The summed E-state index contributed by atoms with van der Waals surface area (Å²) in [7, 11) is 1.63. The number of methoxy groups -OCH3 is 1. The zero-order valence-electron chi connectivity index (χ0n) is 10.6. The highest BCUT2D eigenvalue weighted by atomic mass is 16.5. The van der Waals surface area contributed by atoms with Crippen molar-refractivity contribution < 1.29 is 9.53 Å². The molecule has 1 atom stereocenters. The van der Waals surface area contributed by atoms with Crippen molar-refractivity contribution in [2.24, 2.45) is 5.73 Å². The topological polar surface area (TPSA) is 55.6 Å². The van der Waals surface area contributed by atoms with Gasteiger partial charge in [0.05, 0.1) is 13.2 Å². The number of nitrogens with zero attached hydrogens (tertiary/aromatic N) is 1. The first-order valence-corrected chi connectivity index (χ1v) is 5.75. The standard InChI is InChI=1S/C13H20N2O2/c1-4-15(13(16)10(2)14)9-11-6-5-7-12(8-11)17-3/h5-8,10H,4,9,14H2,1-3H3. The van der Waals surface area contributed by atoms with E-state index in [4.69, 9.17) is 10.5 Å². The lowest BCUT2D eigenvalue weighted by Crippen LogP contribution is -2.41. The van der Waals surface area contributed by atoms with E-state index in [1.54, 1.807) is 18.9 Å². The van der Waals surface area contributed by atoms with Gasteiger partial charge in [-0.1, -0.05) is 12.1 Å². The Labute approximate surface area is 102 Å². The van der Waals surface area contributed by atoms with E-state index in [9.17, 15) is 4.79 Å². The van der Waals surface area contributed by atoms with E-state index in [1.807, 2.05) is 31.2 Å². The third-order valence-electron chi connectivity index (χ3n) is 2.59. The van der Waals surface area contributed by atoms with Gasteiger partial charge in [-0.25, -0.2) is 0 Å². The molecule has 94 valence electrons. The van der Waals surface area contributed by atoms with Crippen LogP contribution in [0.2, 0.25) is 0 Å². The van der Waals surface area contributed by atoms with Gasteiger partial charge in [0.15, 0.2) is 0 Å². The SMILES string of the molecule is CCN(Cc1cccc(OC)c1)C(=O)C(C)N. The molecule has 1 rings (SSSR count). The van der Waals surface area contributed by atoms with Gasteiger partial charge >= 0.3 is 0 Å². The van der Waals surface area contributed by atoms with Crippen LogP contribution < -0.4 is 10.5 Å². The molecule has 2 N–H and O–H groups in total. The number of hydrogen-bond donors (Lipinski definition) is 1. The first-order chi connectivity index (χ1) is 8.08. The number of rotatable bonds is 5. The van der Waals surface area contributed by atoms with Crippen molar-refractivity contribution in [3.63, 3.8) is 0 Å². The molecule has 1 unspecified atom stereocenters. The van der Waals surface area contributed by atoms with Crippen LogP contribution in [0, 0.1) is 0 Å². The number of carbonyl (C=O) groups excluding carboxylic acids is 1. The smallest absolute Gasteiger partial charge is 0.239 e. The molecule has 0 bridgehead atoms. The lowest BCUT2D eigenvalue weighted by molar-refractivity contribution is -0.132. The number of nitrogens with two attached hydrogens (primary N) is 1. The van der Waals surface area contributed by atoms with Gasteiger partial charge in [-0.3, -0.25) is 4.79 Å². The Balaban J connectivity index is 2.76. The van der Waals surface area contributed by atoms with E-state index in [1.165, 1.54) is 0 Å². The zero-order valence-corrected chi connectivity index (χ0v) is 10.6. The summed E-state index contributed by atoms with van der Waals surface area (Å²) in [6.45, 7) is 4.86. The Morgan fingerprint density at radius 3 is 2.76 bits per heavy atom.